The minimum absolute atomic E-state index is 0.373. The molecule has 1 unspecified atom stereocenters. The van der Waals surface area contributed by atoms with Crippen LogP contribution in [-0.2, 0) is 11.3 Å². The van der Waals surface area contributed by atoms with Crippen molar-refractivity contribution in [1.82, 2.24) is 25.0 Å². The van der Waals surface area contributed by atoms with E-state index in [1.807, 2.05) is 31.6 Å². The van der Waals surface area contributed by atoms with Gasteiger partial charge in [-0.3, -0.25) is 19.9 Å². The van der Waals surface area contributed by atoms with Crippen LogP contribution in [0.25, 0.3) is 11.3 Å². The van der Waals surface area contributed by atoms with Gasteiger partial charge in [-0.25, -0.2) is 0 Å². The summed E-state index contributed by atoms with van der Waals surface area (Å²) >= 11 is 0. The highest BCUT2D eigenvalue weighted by Gasteiger charge is 2.17. The number of aliphatic hydroxyl groups is 1. The van der Waals surface area contributed by atoms with Gasteiger partial charge in [-0.15, -0.1) is 0 Å². The van der Waals surface area contributed by atoms with E-state index in [-0.39, 0.29) is 6.10 Å². The lowest BCUT2D eigenvalue weighted by atomic mass is 10.1. The molecule has 0 aliphatic carbocycles. The van der Waals surface area contributed by atoms with E-state index in [9.17, 15) is 5.11 Å². The Morgan fingerprint density at radius 2 is 2.21 bits per heavy atom. The van der Waals surface area contributed by atoms with Gasteiger partial charge in [0.15, 0.2) is 0 Å². The highest BCUT2D eigenvalue weighted by molar-refractivity contribution is 5.61. The summed E-state index contributed by atoms with van der Waals surface area (Å²) in [5.41, 5.74) is 3.11. The van der Waals surface area contributed by atoms with Crippen molar-refractivity contribution in [2.24, 2.45) is 0 Å². The zero-order valence-corrected chi connectivity index (χ0v) is 14.1. The van der Waals surface area contributed by atoms with Crippen LogP contribution < -0.4 is 0 Å². The van der Waals surface area contributed by atoms with Crippen molar-refractivity contribution < 1.29 is 9.84 Å². The number of likely N-dealkylation sites (N-methyl/N-ethyl adjacent to an activating group) is 1. The Morgan fingerprint density at radius 3 is 2.96 bits per heavy atom. The molecule has 0 spiro atoms. The van der Waals surface area contributed by atoms with Gasteiger partial charge in [-0.1, -0.05) is 0 Å². The second-order valence-electron chi connectivity index (χ2n) is 6.28. The molecule has 24 heavy (non-hydrogen) atoms. The van der Waals surface area contributed by atoms with Crippen LogP contribution in [0.2, 0.25) is 0 Å². The van der Waals surface area contributed by atoms with Gasteiger partial charge in [0.1, 0.15) is 0 Å². The minimum Gasteiger partial charge on any atom is -0.390 e. The van der Waals surface area contributed by atoms with Crippen molar-refractivity contribution in [2.45, 2.75) is 12.6 Å². The molecular weight excluding hydrogens is 306 g/mol. The Hall–Kier alpha value is -1.80. The van der Waals surface area contributed by atoms with Gasteiger partial charge in [-0.2, -0.15) is 5.10 Å². The van der Waals surface area contributed by atoms with Crippen LogP contribution in [0, 0.1) is 0 Å². The number of hydrogen-bond acceptors (Lipinski definition) is 6. The number of nitrogens with zero attached hydrogens (tertiary/aromatic N) is 4. The minimum atomic E-state index is -0.373. The summed E-state index contributed by atoms with van der Waals surface area (Å²) in [4.78, 5) is 8.53. The summed E-state index contributed by atoms with van der Waals surface area (Å²) in [7, 11) is 2.02. The average molecular weight is 331 g/mol. The first kappa shape index (κ1) is 17.0. The van der Waals surface area contributed by atoms with E-state index < -0.39 is 0 Å². The zero-order chi connectivity index (χ0) is 16.8. The molecule has 7 heteroatoms. The monoisotopic (exact) mass is 331 g/mol. The van der Waals surface area contributed by atoms with Crippen LogP contribution in [0.1, 0.15) is 5.56 Å². The maximum Gasteiger partial charge on any atom is 0.0793 e. The van der Waals surface area contributed by atoms with Gasteiger partial charge in [0, 0.05) is 56.2 Å². The van der Waals surface area contributed by atoms with Gasteiger partial charge in [0.05, 0.1) is 31.2 Å². The molecule has 2 N–H and O–H groups in total. The van der Waals surface area contributed by atoms with Crippen LogP contribution >= 0.6 is 0 Å². The number of ether oxygens (including phenoxy) is 1. The third-order valence-corrected chi connectivity index (χ3v) is 4.20. The van der Waals surface area contributed by atoms with E-state index in [1.54, 1.807) is 6.20 Å². The van der Waals surface area contributed by atoms with Gasteiger partial charge in [-0.05, 0) is 19.2 Å². The second-order valence-corrected chi connectivity index (χ2v) is 6.28. The van der Waals surface area contributed by atoms with Crippen LogP contribution in [-0.4, -0.2) is 82.6 Å². The molecule has 1 aliphatic rings. The number of morpholine rings is 1. The third-order valence-electron chi connectivity index (χ3n) is 4.20. The number of pyridine rings is 1. The average Bonchev–Trinajstić information content (AvgIpc) is 3.04. The van der Waals surface area contributed by atoms with Crippen LogP contribution in [0.15, 0.2) is 30.7 Å². The molecule has 0 radical (unpaired) electrons. The first-order chi connectivity index (χ1) is 11.7. The predicted molar refractivity (Wildman–Crippen MR) is 91.4 cm³/mol. The van der Waals surface area contributed by atoms with Crippen molar-refractivity contribution >= 4 is 0 Å². The lowest BCUT2D eigenvalue weighted by molar-refractivity contribution is 0.00826. The fourth-order valence-corrected chi connectivity index (χ4v) is 3.05. The summed E-state index contributed by atoms with van der Waals surface area (Å²) in [6.07, 6.45) is 5.05. The molecule has 2 aromatic rings. The molecule has 0 aromatic carbocycles. The molecule has 1 atom stereocenters. The van der Waals surface area contributed by atoms with E-state index in [1.165, 1.54) is 0 Å². The molecule has 0 bridgehead atoms. The standard InChI is InChI=1S/C17H25N5O2/c1-21(12-16(23)13-22-5-7-24-8-6-22)11-15-10-19-20-17(15)14-3-2-4-18-9-14/h2-4,9-10,16,23H,5-8,11-13H2,1H3,(H,19,20). The Kier molecular flexibility index (Phi) is 5.92. The Balaban J connectivity index is 1.53. The van der Waals surface area contributed by atoms with Gasteiger partial charge < -0.3 is 9.84 Å². The number of hydrogen-bond donors (Lipinski definition) is 2. The normalized spacial score (nSPS) is 17.3. The molecule has 1 fully saturated rings. The number of aromatic nitrogens is 3. The first-order valence-corrected chi connectivity index (χ1v) is 8.31. The number of nitrogens with one attached hydrogen (secondary N) is 1. The van der Waals surface area contributed by atoms with Crippen LogP contribution in [0.4, 0.5) is 0 Å². The second kappa shape index (κ2) is 8.34. The van der Waals surface area contributed by atoms with E-state index in [2.05, 4.69) is 25.0 Å². The first-order valence-electron chi connectivity index (χ1n) is 8.31. The lowest BCUT2D eigenvalue weighted by Gasteiger charge is -2.30. The molecule has 3 rings (SSSR count). The smallest absolute Gasteiger partial charge is 0.0793 e. The summed E-state index contributed by atoms with van der Waals surface area (Å²) in [5.74, 6) is 0. The Morgan fingerprint density at radius 1 is 1.38 bits per heavy atom. The number of aromatic amines is 1. The zero-order valence-electron chi connectivity index (χ0n) is 14.1. The van der Waals surface area contributed by atoms with Gasteiger partial charge >= 0.3 is 0 Å². The van der Waals surface area contributed by atoms with Crippen LogP contribution in [0.3, 0.4) is 0 Å². The van der Waals surface area contributed by atoms with Crippen molar-refractivity contribution in [3.05, 3.63) is 36.3 Å². The SMILES string of the molecule is CN(Cc1cn[nH]c1-c1cccnc1)CC(O)CN1CCOCC1. The lowest BCUT2D eigenvalue weighted by Crippen LogP contribution is -2.43. The van der Waals surface area contributed by atoms with E-state index >= 15 is 0 Å². The quantitative estimate of drug-likeness (QED) is 0.773. The van der Waals surface area contributed by atoms with E-state index in [4.69, 9.17) is 4.74 Å². The molecule has 3 heterocycles. The molecular formula is C17H25N5O2. The molecule has 1 saturated heterocycles. The molecule has 1 aliphatic heterocycles. The Bertz CT molecular complexity index is 612. The topological polar surface area (TPSA) is 77.5 Å². The number of rotatable bonds is 7. The summed E-state index contributed by atoms with van der Waals surface area (Å²) < 4.78 is 5.34. The molecule has 0 saturated carbocycles. The highest BCUT2D eigenvalue weighted by atomic mass is 16.5. The van der Waals surface area contributed by atoms with Gasteiger partial charge in [0.2, 0.25) is 0 Å². The molecule has 0 amide bonds. The van der Waals surface area contributed by atoms with E-state index in [0.29, 0.717) is 13.1 Å². The van der Waals surface area contributed by atoms with Crippen LogP contribution in [0.5, 0.6) is 0 Å². The van der Waals surface area contributed by atoms with Crippen molar-refractivity contribution in [3.63, 3.8) is 0 Å². The fourth-order valence-electron chi connectivity index (χ4n) is 3.05. The van der Waals surface area contributed by atoms with Crippen molar-refractivity contribution in [1.29, 1.82) is 0 Å². The maximum absolute atomic E-state index is 10.3. The van der Waals surface area contributed by atoms with Gasteiger partial charge in [0.25, 0.3) is 0 Å². The molecule has 130 valence electrons. The molecule has 7 nitrogen and oxygen atoms in total. The van der Waals surface area contributed by atoms with E-state index in [0.717, 1.165) is 49.7 Å². The third kappa shape index (κ3) is 4.61. The number of H-pyrrole nitrogens is 1. The molecule has 2 aromatic heterocycles. The summed E-state index contributed by atoms with van der Waals surface area (Å²) in [6.45, 7) is 5.34. The summed E-state index contributed by atoms with van der Waals surface area (Å²) in [6, 6.07) is 3.92. The maximum atomic E-state index is 10.3. The predicted octanol–water partition coefficient (Wildman–Crippen LogP) is 0.597. The number of aliphatic hydroxyl groups excluding tert-OH is 1. The summed E-state index contributed by atoms with van der Waals surface area (Å²) in [5, 5.41) is 17.5. The highest BCUT2D eigenvalue weighted by Crippen LogP contribution is 2.20. The van der Waals surface area contributed by atoms with Crippen molar-refractivity contribution in [2.75, 3.05) is 46.4 Å². The number of β-amino-alcohol motifs (C(OH)–C–C–N with tert-alkyl or cyclic N) is 1. The largest absolute Gasteiger partial charge is 0.390 e. The Labute approximate surface area is 142 Å². The fraction of sp³-hybridized carbons (Fsp3) is 0.529. The van der Waals surface area contributed by atoms with Crippen molar-refractivity contribution in [3.8, 4) is 11.3 Å².